The summed E-state index contributed by atoms with van der Waals surface area (Å²) in [5.41, 5.74) is 12.9. The van der Waals surface area contributed by atoms with Crippen LogP contribution in [-0.2, 0) is 6.42 Å². The second kappa shape index (κ2) is 13.0. The van der Waals surface area contributed by atoms with E-state index in [1.54, 1.807) is 0 Å². The lowest BCUT2D eigenvalue weighted by Gasteiger charge is -2.16. The zero-order valence-electron chi connectivity index (χ0n) is 28.9. The number of aromatic nitrogens is 4. The molecule has 2 aliphatic rings. The molecular weight excluding hydrogens is 621 g/mol. The Bertz CT molecular complexity index is 2480. The highest BCUT2D eigenvalue weighted by atomic mass is 15.0. The van der Waals surface area contributed by atoms with Gasteiger partial charge in [-0.1, -0.05) is 147 Å². The molecular formula is C47H38N4. The highest BCUT2D eigenvalue weighted by molar-refractivity contribution is 5.91. The van der Waals surface area contributed by atoms with Crippen LogP contribution in [0.4, 0.5) is 0 Å². The Morgan fingerprint density at radius 1 is 0.529 bits per heavy atom. The minimum atomic E-state index is 0.539. The standard InChI is InChI=1S/C47H38N4/c1-31-10-8-13-38(28-31)33-19-23-36(24-20-33)46-48-45(35-11-4-3-5-12-35)49-47(50-46)37-25-21-34(22-26-37)39-14-9-15-40(30-39)51-43-17-7-6-16-41(43)42-29-32(2)18-27-44(42)51/h3-27,30-32H,28-29H2,1-2H3. The average molecular weight is 659 g/mol. The summed E-state index contributed by atoms with van der Waals surface area (Å²) in [5.74, 6) is 3.07. The van der Waals surface area contributed by atoms with Crippen molar-refractivity contribution >= 4 is 22.6 Å². The lowest BCUT2D eigenvalue weighted by Crippen LogP contribution is -2.05. The van der Waals surface area contributed by atoms with Crippen molar-refractivity contribution in [3.63, 3.8) is 0 Å². The van der Waals surface area contributed by atoms with Gasteiger partial charge in [0, 0.05) is 33.5 Å². The minimum Gasteiger partial charge on any atom is -0.310 e. The maximum atomic E-state index is 5.02. The minimum absolute atomic E-state index is 0.539. The van der Waals surface area contributed by atoms with Crippen LogP contribution in [0.1, 0.15) is 37.1 Å². The Morgan fingerprint density at radius 3 is 1.82 bits per heavy atom. The number of allylic oxidation sites excluding steroid dienone is 5. The fourth-order valence-corrected chi connectivity index (χ4v) is 7.52. The molecule has 0 N–H and O–H groups in total. The summed E-state index contributed by atoms with van der Waals surface area (Å²) in [5, 5.41) is 1.34. The van der Waals surface area contributed by atoms with Crippen molar-refractivity contribution in [3.8, 4) is 51.0 Å². The fourth-order valence-electron chi connectivity index (χ4n) is 7.52. The van der Waals surface area contributed by atoms with Crippen molar-refractivity contribution < 1.29 is 0 Å². The molecule has 4 nitrogen and oxygen atoms in total. The number of nitrogens with zero attached hydrogens (tertiary/aromatic N) is 4. The molecule has 4 heteroatoms. The maximum Gasteiger partial charge on any atom is 0.164 e. The molecule has 5 aromatic carbocycles. The monoisotopic (exact) mass is 658 g/mol. The van der Waals surface area contributed by atoms with Gasteiger partial charge in [-0.25, -0.2) is 15.0 Å². The van der Waals surface area contributed by atoms with Gasteiger partial charge in [-0.15, -0.1) is 0 Å². The molecule has 0 amide bonds. The summed E-state index contributed by atoms with van der Waals surface area (Å²) in [6.45, 7) is 4.55. The predicted octanol–water partition coefficient (Wildman–Crippen LogP) is 11.7. The van der Waals surface area contributed by atoms with Crippen LogP contribution < -0.4 is 0 Å². The molecule has 7 aromatic rings. The van der Waals surface area contributed by atoms with Gasteiger partial charge in [-0.2, -0.15) is 0 Å². The number of para-hydroxylation sites is 1. The third kappa shape index (κ3) is 5.93. The summed E-state index contributed by atoms with van der Waals surface area (Å²) in [4.78, 5) is 15.0. The molecule has 2 heterocycles. The Balaban J connectivity index is 1.07. The van der Waals surface area contributed by atoms with Crippen LogP contribution in [0.15, 0.2) is 152 Å². The molecule has 0 saturated heterocycles. The van der Waals surface area contributed by atoms with Gasteiger partial charge in [0.15, 0.2) is 17.5 Å². The van der Waals surface area contributed by atoms with E-state index in [9.17, 15) is 0 Å². The number of rotatable bonds is 6. The van der Waals surface area contributed by atoms with E-state index in [2.05, 4.69) is 146 Å². The Morgan fingerprint density at radius 2 is 1.12 bits per heavy atom. The van der Waals surface area contributed by atoms with Crippen molar-refractivity contribution in [2.75, 3.05) is 0 Å². The van der Waals surface area contributed by atoms with Crippen molar-refractivity contribution in [2.45, 2.75) is 26.7 Å². The van der Waals surface area contributed by atoms with Gasteiger partial charge >= 0.3 is 0 Å². The molecule has 0 spiro atoms. The topological polar surface area (TPSA) is 43.6 Å². The van der Waals surface area contributed by atoms with Gasteiger partial charge in [-0.3, -0.25) is 0 Å². The van der Waals surface area contributed by atoms with Crippen LogP contribution >= 0.6 is 0 Å². The van der Waals surface area contributed by atoms with Crippen LogP contribution in [-0.4, -0.2) is 19.5 Å². The smallest absolute Gasteiger partial charge is 0.164 e. The Kier molecular flexibility index (Phi) is 7.85. The van der Waals surface area contributed by atoms with Crippen molar-refractivity contribution in [1.29, 1.82) is 0 Å². The van der Waals surface area contributed by atoms with E-state index in [-0.39, 0.29) is 0 Å². The number of hydrogen-bond acceptors (Lipinski definition) is 3. The second-order valence-electron chi connectivity index (χ2n) is 13.9. The molecule has 2 aliphatic carbocycles. The van der Waals surface area contributed by atoms with Gasteiger partial charge in [0.2, 0.25) is 0 Å². The first-order chi connectivity index (χ1) is 25.1. The van der Waals surface area contributed by atoms with E-state index in [0.29, 0.717) is 29.3 Å². The van der Waals surface area contributed by atoms with Crippen LogP contribution in [0, 0.1) is 11.8 Å². The number of benzene rings is 5. The van der Waals surface area contributed by atoms with Crippen molar-refractivity contribution in [2.24, 2.45) is 11.8 Å². The van der Waals surface area contributed by atoms with Gasteiger partial charge in [0.25, 0.3) is 0 Å². The molecule has 0 aliphatic heterocycles. The van der Waals surface area contributed by atoms with E-state index in [1.807, 2.05) is 30.3 Å². The molecule has 246 valence electrons. The van der Waals surface area contributed by atoms with E-state index >= 15 is 0 Å². The molecule has 0 radical (unpaired) electrons. The number of fused-ring (bicyclic) bond motifs is 3. The first kappa shape index (κ1) is 30.9. The molecule has 0 saturated carbocycles. The highest BCUT2D eigenvalue weighted by Crippen LogP contribution is 2.37. The van der Waals surface area contributed by atoms with E-state index in [4.69, 9.17) is 15.0 Å². The van der Waals surface area contributed by atoms with Crippen LogP contribution in [0.3, 0.4) is 0 Å². The summed E-state index contributed by atoms with van der Waals surface area (Å²) >= 11 is 0. The third-order valence-electron chi connectivity index (χ3n) is 10.2. The Labute approximate surface area is 299 Å². The van der Waals surface area contributed by atoms with Crippen molar-refractivity contribution in [3.05, 3.63) is 169 Å². The lowest BCUT2D eigenvalue weighted by molar-refractivity contribution is 0.718. The quantitative estimate of drug-likeness (QED) is 0.179. The van der Waals surface area contributed by atoms with Gasteiger partial charge in [0.05, 0.1) is 5.52 Å². The molecule has 9 rings (SSSR count). The summed E-state index contributed by atoms with van der Waals surface area (Å²) < 4.78 is 2.42. The van der Waals surface area contributed by atoms with E-state index < -0.39 is 0 Å². The van der Waals surface area contributed by atoms with Gasteiger partial charge < -0.3 is 4.57 Å². The third-order valence-corrected chi connectivity index (χ3v) is 10.2. The van der Waals surface area contributed by atoms with Crippen LogP contribution in [0.5, 0.6) is 0 Å². The molecule has 2 unspecified atom stereocenters. The Hall–Kier alpha value is -6.13. The summed E-state index contributed by atoms with van der Waals surface area (Å²) in [6.07, 6.45) is 13.4. The fraction of sp³-hybridized carbons (Fsp3) is 0.128. The zero-order valence-corrected chi connectivity index (χ0v) is 28.9. The van der Waals surface area contributed by atoms with E-state index in [0.717, 1.165) is 40.7 Å². The summed E-state index contributed by atoms with van der Waals surface area (Å²) in [7, 11) is 0. The average Bonchev–Trinajstić information content (AvgIpc) is 3.52. The largest absolute Gasteiger partial charge is 0.310 e. The predicted molar refractivity (Wildman–Crippen MR) is 211 cm³/mol. The summed E-state index contributed by atoms with van der Waals surface area (Å²) in [6, 6.07) is 45.0. The molecule has 2 atom stereocenters. The van der Waals surface area contributed by atoms with Gasteiger partial charge in [0.1, 0.15) is 0 Å². The van der Waals surface area contributed by atoms with E-state index in [1.165, 1.54) is 39.0 Å². The second-order valence-corrected chi connectivity index (χ2v) is 13.9. The molecule has 51 heavy (non-hydrogen) atoms. The normalized spacial score (nSPS) is 16.6. The molecule has 0 fully saturated rings. The molecule has 0 bridgehead atoms. The first-order valence-electron chi connectivity index (χ1n) is 17.9. The first-order valence-corrected chi connectivity index (χ1v) is 17.9. The lowest BCUT2D eigenvalue weighted by atomic mass is 9.91. The van der Waals surface area contributed by atoms with Crippen LogP contribution in [0.25, 0.3) is 73.5 Å². The number of hydrogen-bond donors (Lipinski definition) is 0. The van der Waals surface area contributed by atoms with Crippen molar-refractivity contribution in [1.82, 2.24) is 19.5 Å². The van der Waals surface area contributed by atoms with Gasteiger partial charge in [-0.05, 0) is 76.8 Å². The molecule has 2 aromatic heterocycles. The zero-order chi connectivity index (χ0) is 34.3. The highest BCUT2D eigenvalue weighted by Gasteiger charge is 2.21. The maximum absolute atomic E-state index is 5.02. The van der Waals surface area contributed by atoms with Crippen LogP contribution in [0.2, 0.25) is 0 Å². The SMILES string of the molecule is CC1C=CC=C(c2ccc(-c3nc(-c4ccccc4)nc(-c4ccc(-c5cccc(-n6c7c(c8ccccc86)CC(C)C=C7)c5)cc4)n3)cc2)C1.